The first-order chi connectivity index (χ1) is 20.5. The second kappa shape index (κ2) is 14.0. The number of alkyl halides is 3. The first-order valence-corrected chi connectivity index (χ1v) is 13.5. The summed E-state index contributed by atoms with van der Waals surface area (Å²) >= 11 is 0. The molecule has 2 N–H and O–H groups in total. The molecule has 0 aromatic heterocycles. The number of piperazine rings is 1. The van der Waals surface area contributed by atoms with Crippen molar-refractivity contribution in [1.82, 2.24) is 9.80 Å². The minimum atomic E-state index is -4.50. The Morgan fingerprint density at radius 2 is 1.56 bits per heavy atom. The molecule has 0 bridgehead atoms. The number of halogens is 4. The molecule has 3 aromatic rings. The topological polar surface area (TPSA) is 94.2 Å². The van der Waals surface area contributed by atoms with Crippen molar-refractivity contribution < 1.29 is 36.7 Å². The van der Waals surface area contributed by atoms with E-state index in [0.29, 0.717) is 31.9 Å². The second-order valence-corrected chi connectivity index (χ2v) is 9.80. The molecule has 1 heterocycles. The van der Waals surface area contributed by atoms with Crippen molar-refractivity contribution in [3.05, 3.63) is 89.7 Å². The Morgan fingerprint density at radius 1 is 0.884 bits per heavy atom. The molecule has 43 heavy (non-hydrogen) atoms. The molecule has 3 aromatic carbocycles. The van der Waals surface area contributed by atoms with E-state index in [1.165, 1.54) is 53.3 Å². The number of hydrogen-bond acceptors (Lipinski definition) is 5. The zero-order chi connectivity index (χ0) is 31.0. The van der Waals surface area contributed by atoms with Crippen LogP contribution in [0.4, 0.5) is 39.4 Å². The van der Waals surface area contributed by atoms with Crippen molar-refractivity contribution in [2.45, 2.75) is 6.18 Å². The summed E-state index contributed by atoms with van der Waals surface area (Å²) in [6.45, 7) is 1.89. The van der Waals surface area contributed by atoms with E-state index >= 15 is 0 Å². The smallest absolute Gasteiger partial charge is 0.383 e. The van der Waals surface area contributed by atoms with E-state index in [2.05, 4.69) is 10.6 Å². The molecule has 1 aliphatic heterocycles. The van der Waals surface area contributed by atoms with Crippen molar-refractivity contribution in [2.75, 3.05) is 68.5 Å². The summed E-state index contributed by atoms with van der Waals surface area (Å²) in [6, 6.07) is 16.2. The van der Waals surface area contributed by atoms with E-state index in [4.69, 9.17) is 4.74 Å². The van der Waals surface area contributed by atoms with Crippen LogP contribution in [0.25, 0.3) is 0 Å². The average Bonchev–Trinajstić information content (AvgIpc) is 2.99. The van der Waals surface area contributed by atoms with Crippen molar-refractivity contribution in [3.63, 3.8) is 0 Å². The molecule has 1 aliphatic rings. The number of anilines is 3. The van der Waals surface area contributed by atoms with Gasteiger partial charge in [0.2, 0.25) is 5.91 Å². The van der Waals surface area contributed by atoms with E-state index in [9.17, 15) is 31.9 Å². The maximum absolute atomic E-state index is 13.3. The number of amides is 4. The Hall–Kier alpha value is -4.65. The molecule has 0 saturated carbocycles. The summed E-state index contributed by atoms with van der Waals surface area (Å²) in [5.74, 6) is -1.31. The lowest BCUT2D eigenvalue weighted by molar-refractivity contribution is -0.137. The summed E-state index contributed by atoms with van der Waals surface area (Å²) in [6.07, 6.45) is -4.50. The quantitative estimate of drug-likeness (QED) is 0.340. The number of carbonyl (C=O) groups is 3. The molecule has 228 valence electrons. The third kappa shape index (κ3) is 8.67. The number of nitrogens with one attached hydrogen (secondary N) is 2. The van der Waals surface area contributed by atoms with Gasteiger partial charge >= 0.3 is 12.2 Å². The lowest BCUT2D eigenvalue weighted by Gasteiger charge is -2.36. The highest BCUT2D eigenvalue weighted by atomic mass is 19.4. The van der Waals surface area contributed by atoms with E-state index < -0.39 is 35.4 Å². The maximum atomic E-state index is 13.3. The number of urea groups is 1. The van der Waals surface area contributed by atoms with Crippen molar-refractivity contribution >= 4 is 34.9 Å². The van der Waals surface area contributed by atoms with Crippen LogP contribution in [0.5, 0.6) is 0 Å². The third-order valence-electron chi connectivity index (χ3n) is 6.80. The predicted octanol–water partition coefficient (Wildman–Crippen LogP) is 4.93. The highest BCUT2D eigenvalue weighted by Gasteiger charge is 2.31. The number of nitrogens with zero attached hydrogens (tertiary/aromatic N) is 3. The molecule has 9 nitrogen and oxygen atoms in total. The van der Waals surface area contributed by atoms with Gasteiger partial charge in [-0.1, -0.05) is 6.07 Å². The van der Waals surface area contributed by atoms with Gasteiger partial charge in [-0.25, -0.2) is 9.18 Å². The van der Waals surface area contributed by atoms with Crippen molar-refractivity contribution in [1.29, 1.82) is 0 Å². The van der Waals surface area contributed by atoms with E-state index in [1.807, 2.05) is 17.0 Å². The van der Waals surface area contributed by atoms with Gasteiger partial charge < -0.3 is 30.1 Å². The summed E-state index contributed by atoms with van der Waals surface area (Å²) in [5, 5.41) is 5.30. The van der Waals surface area contributed by atoms with Gasteiger partial charge in [0.1, 0.15) is 12.4 Å². The number of methoxy groups -OCH3 is 1. The molecule has 1 saturated heterocycles. The van der Waals surface area contributed by atoms with Crippen LogP contribution >= 0.6 is 0 Å². The Kier molecular flexibility index (Phi) is 10.2. The molecule has 13 heteroatoms. The summed E-state index contributed by atoms with van der Waals surface area (Å²) in [7, 11) is 1.48. The Bertz CT molecular complexity index is 1410. The fourth-order valence-electron chi connectivity index (χ4n) is 4.50. The van der Waals surface area contributed by atoms with Crippen LogP contribution in [0.1, 0.15) is 15.9 Å². The van der Waals surface area contributed by atoms with E-state index in [-0.39, 0.29) is 30.9 Å². The highest BCUT2D eigenvalue weighted by Crippen LogP contribution is 2.30. The Morgan fingerprint density at radius 3 is 2.19 bits per heavy atom. The average molecular weight is 602 g/mol. The molecule has 0 atom stereocenters. The third-order valence-corrected chi connectivity index (χ3v) is 6.80. The normalized spacial score (nSPS) is 13.4. The first-order valence-electron chi connectivity index (χ1n) is 13.5. The predicted molar refractivity (Wildman–Crippen MR) is 153 cm³/mol. The van der Waals surface area contributed by atoms with Gasteiger partial charge in [0.15, 0.2) is 0 Å². The number of ether oxygens (including phenoxy) is 1. The van der Waals surface area contributed by atoms with Crippen LogP contribution in [0, 0.1) is 5.82 Å². The van der Waals surface area contributed by atoms with E-state index in [1.54, 1.807) is 12.1 Å². The zero-order valence-corrected chi connectivity index (χ0v) is 23.4. The van der Waals surface area contributed by atoms with Gasteiger partial charge in [-0.2, -0.15) is 13.2 Å². The van der Waals surface area contributed by atoms with Crippen LogP contribution in [-0.4, -0.2) is 80.6 Å². The van der Waals surface area contributed by atoms with Gasteiger partial charge in [0.25, 0.3) is 5.91 Å². The molecular formula is C30H31F4N5O4. The van der Waals surface area contributed by atoms with Gasteiger partial charge in [-0.15, -0.1) is 0 Å². The largest absolute Gasteiger partial charge is 0.416 e. The standard InChI is InChI=1S/C30H31F4N5O4/c1-43-18-17-39(28(41)21-5-7-23(31)8-6-21)20-27(40)35-24-9-11-26(12-10-24)37-13-15-38(16-14-37)29(42)36-25-4-2-3-22(19-25)30(32,33)34/h2-12,19H,13-18,20H2,1H3,(H,35,40)(H,36,42). The van der Waals surface area contributed by atoms with Gasteiger partial charge in [0, 0.05) is 62.5 Å². The maximum Gasteiger partial charge on any atom is 0.416 e. The monoisotopic (exact) mass is 601 g/mol. The molecule has 0 spiro atoms. The van der Waals surface area contributed by atoms with Gasteiger partial charge in [0.05, 0.1) is 12.2 Å². The lowest BCUT2D eigenvalue weighted by atomic mass is 10.2. The molecule has 4 amide bonds. The molecule has 1 fully saturated rings. The number of rotatable bonds is 9. The number of benzene rings is 3. The van der Waals surface area contributed by atoms with E-state index in [0.717, 1.165) is 17.8 Å². The number of hydrogen-bond donors (Lipinski definition) is 2. The van der Waals surface area contributed by atoms with Crippen LogP contribution in [0.2, 0.25) is 0 Å². The van der Waals surface area contributed by atoms with Crippen molar-refractivity contribution in [2.24, 2.45) is 0 Å². The molecular weight excluding hydrogens is 570 g/mol. The highest BCUT2D eigenvalue weighted by molar-refractivity contribution is 5.99. The zero-order valence-electron chi connectivity index (χ0n) is 23.4. The van der Waals surface area contributed by atoms with Gasteiger partial charge in [-0.05, 0) is 66.7 Å². The second-order valence-electron chi connectivity index (χ2n) is 9.80. The summed E-state index contributed by atoms with van der Waals surface area (Å²) in [4.78, 5) is 43.1. The Balaban J connectivity index is 1.28. The minimum absolute atomic E-state index is 0.0709. The van der Waals surface area contributed by atoms with Crippen LogP contribution in [0.3, 0.4) is 0 Å². The first kappa shape index (κ1) is 31.3. The van der Waals surface area contributed by atoms with Crippen LogP contribution < -0.4 is 15.5 Å². The summed E-state index contributed by atoms with van der Waals surface area (Å²) < 4.78 is 57.2. The number of carbonyl (C=O) groups excluding carboxylic acids is 3. The molecule has 4 rings (SSSR count). The molecule has 0 radical (unpaired) electrons. The molecule has 0 aliphatic carbocycles. The van der Waals surface area contributed by atoms with Crippen molar-refractivity contribution in [3.8, 4) is 0 Å². The fourth-order valence-corrected chi connectivity index (χ4v) is 4.50. The fraction of sp³-hybridized carbons (Fsp3) is 0.300. The van der Waals surface area contributed by atoms with Gasteiger partial charge in [-0.3, -0.25) is 9.59 Å². The van der Waals surface area contributed by atoms with Crippen LogP contribution in [0.15, 0.2) is 72.8 Å². The van der Waals surface area contributed by atoms with Crippen LogP contribution in [-0.2, 0) is 15.7 Å². The molecule has 0 unspecified atom stereocenters. The SMILES string of the molecule is COCCN(CC(=O)Nc1ccc(N2CCN(C(=O)Nc3cccc(C(F)(F)F)c3)CC2)cc1)C(=O)c1ccc(F)cc1. The minimum Gasteiger partial charge on any atom is -0.383 e. The summed E-state index contributed by atoms with van der Waals surface area (Å²) in [5.41, 5.74) is 0.874. The Labute approximate surface area is 246 Å². The lowest BCUT2D eigenvalue weighted by Crippen LogP contribution is -2.50.